The molecule has 1 N–H and O–H groups in total. The van der Waals surface area contributed by atoms with Crippen LogP contribution in [0.1, 0.15) is 0 Å². The molecule has 2 aromatic carbocycles. The molecule has 23 heavy (non-hydrogen) atoms. The van der Waals surface area contributed by atoms with Gasteiger partial charge in [-0.3, -0.25) is 9.78 Å². The van der Waals surface area contributed by atoms with E-state index in [1.54, 1.807) is 7.11 Å². The summed E-state index contributed by atoms with van der Waals surface area (Å²) in [4.78, 5) is 0. The van der Waals surface area contributed by atoms with E-state index < -0.39 is 0 Å². The molecule has 0 amide bonds. The molecular formula is C18H16N4O. The molecule has 0 aliphatic heterocycles. The van der Waals surface area contributed by atoms with Gasteiger partial charge in [0.2, 0.25) is 0 Å². The van der Waals surface area contributed by atoms with E-state index in [4.69, 9.17) is 4.74 Å². The first-order chi connectivity index (χ1) is 11.3. The Bertz CT molecular complexity index is 966. The number of nitrogens with one attached hydrogen (secondary N) is 1. The van der Waals surface area contributed by atoms with Crippen molar-refractivity contribution in [3.63, 3.8) is 0 Å². The van der Waals surface area contributed by atoms with Crippen LogP contribution in [0.3, 0.4) is 0 Å². The lowest BCUT2D eigenvalue weighted by atomic mass is 9.99. The molecule has 2 aromatic heterocycles. The highest BCUT2D eigenvalue weighted by Crippen LogP contribution is 2.35. The van der Waals surface area contributed by atoms with Gasteiger partial charge in [-0.2, -0.15) is 10.2 Å². The Hall–Kier alpha value is -3.08. The quantitative estimate of drug-likeness (QED) is 0.628. The summed E-state index contributed by atoms with van der Waals surface area (Å²) < 4.78 is 7.08. The number of H-pyrrole nitrogens is 1. The number of fused-ring (bicyclic) bond motifs is 1. The van der Waals surface area contributed by atoms with Gasteiger partial charge in [-0.1, -0.05) is 24.3 Å². The summed E-state index contributed by atoms with van der Waals surface area (Å²) in [7, 11) is 3.61. The SMILES string of the molecule is COc1ccc(-c2cn(C)nc2-c2cccc3[nH]ncc23)cc1. The number of aromatic nitrogens is 4. The fraction of sp³-hybridized carbons (Fsp3) is 0.111. The number of hydrogen-bond acceptors (Lipinski definition) is 3. The second-order valence-electron chi connectivity index (χ2n) is 5.43. The van der Waals surface area contributed by atoms with E-state index in [1.807, 2.05) is 48.4 Å². The van der Waals surface area contributed by atoms with E-state index >= 15 is 0 Å². The molecule has 4 rings (SSSR count). The third-order valence-electron chi connectivity index (χ3n) is 3.97. The summed E-state index contributed by atoms with van der Waals surface area (Å²) in [6.07, 6.45) is 3.88. The molecule has 0 aliphatic rings. The number of benzene rings is 2. The largest absolute Gasteiger partial charge is 0.497 e. The number of aromatic amines is 1. The molecule has 0 saturated carbocycles. The van der Waals surface area contributed by atoms with Gasteiger partial charge in [0.1, 0.15) is 11.4 Å². The topological polar surface area (TPSA) is 55.7 Å². The highest BCUT2D eigenvalue weighted by atomic mass is 16.5. The van der Waals surface area contributed by atoms with Crippen LogP contribution < -0.4 is 4.74 Å². The van der Waals surface area contributed by atoms with E-state index in [0.717, 1.165) is 39.0 Å². The minimum Gasteiger partial charge on any atom is -0.497 e. The predicted octanol–water partition coefficient (Wildman–Crippen LogP) is 3.64. The minimum atomic E-state index is 0.844. The lowest BCUT2D eigenvalue weighted by molar-refractivity contribution is 0.415. The summed E-state index contributed by atoms with van der Waals surface area (Å²) in [5.74, 6) is 0.844. The molecule has 5 nitrogen and oxygen atoms in total. The van der Waals surface area contributed by atoms with Crippen LogP contribution in [0.4, 0.5) is 0 Å². The molecule has 0 fully saturated rings. The van der Waals surface area contributed by atoms with Gasteiger partial charge in [0, 0.05) is 29.8 Å². The van der Waals surface area contributed by atoms with Gasteiger partial charge in [0.15, 0.2) is 0 Å². The normalized spacial score (nSPS) is 11.0. The van der Waals surface area contributed by atoms with Crippen LogP contribution in [0.25, 0.3) is 33.3 Å². The molecular weight excluding hydrogens is 288 g/mol. The standard InChI is InChI=1S/C18H16N4O/c1-22-11-16(12-6-8-13(23-2)9-7-12)18(21-22)14-4-3-5-17-15(14)10-19-20-17/h3-11H,1-2H3,(H,19,20). The molecule has 4 aromatic rings. The van der Waals surface area contributed by atoms with Crippen molar-refractivity contribution in [3.05, 3.63) is 54.9 Å². The van der Waals surface area contributed by atoms with Gasteiger partial charge >= 0.3 is 0 Å². The van der Waals surface area contributed by atoms with E-state index in [-0.39, 0.29) is 0 Å². The van der Waals surface area contributed by atoms with Crippen molar-refractivity contribution in [1.29, 1.82) is 0 Å². The molecule has 0 bridgehead atoms. The lowest BCUT2D eigenvalue weighted by Gasteiger charge is -2.05. The van der Waals surface area contributed by atoms with Gasteiger partial charge in [0.05, 0.1) is 18.8 Å². The molecule has 5 heteroatoms. The number of hydrogen-bond donors (Lipinski definition) is 1. The Morgan fingerprint density at radius 2 is 1.87 bits per heavy atom. The lowest BCUT2D eigenvalue weighted by Crippen LogP contribution is -1.88. The van der Waals surface area contributed by atoms with E-state index in [1.165, 1.54) is 0 Å². The van der Waals surface area contributed by atoms with Crippen molar-refractivity contribution in [1.82, 2.24) is 20.0 Å². The number of rotatable bonds is 3. The molecule has 0 aliphatic carbocycles. The zero-order chi connectivity index (χ0) is 15.8. The third-order valence-corrected chi connectivity index (χ3v) is 3.97. The van der Waals surface area contributed by atoms with Gasteiger partial charge in [0.25, 0.3) is 0 Å². The highest BCUT2D eigenvalue weighted by Gasteiger charge is 2.15. The molecule has 0 radical (unpaired) electrons. The zero-order valence-electron chi connectivity index (χ0n) is 12.9. The number of ether oxygens (including phenoxy) is 1. The van der Waals surface area contributed by atoms with Crippen molar-refractivity contribution in [2.24, 2.45) is 7.05 Å². The van der Waals surface area contributed by atoms with Crippen LogP contribution in [0.5, 0.6) is 5.75 Å². The van der Waals surface area contributed by atoms with Crippen LogP contribution in [0, 0.1) is 0 Å². The van der Waals surface area contributed by atoms with Crippen molar-refractivity contribution >= 4 is 10.9 Å². The van der Waals surface area contributed by atoms with Crippen molar-refractivity contribution < 1.29 is 4.74 Å². The van der Waals surface area contributed by atoms with Crippen molar-refractivity contribution in [2.45, 2.75) is 0 Å². The van der Waals surface area contributed by atoms with Crippen molar-refractivity contribution in [3.8, 4) is 28.1 Å². The van der Waals surface area contributed by atoms with E-state index in [0.29, 0.717) is 0 Å². The average molecular weight is 304 g/mol. The molecule has 114 valence electrons. The third kappa shape index (κ3) is 2.26. The summed E-state index contributed by atoms with van der Waals surface area (Å²) in [5, 5.41) is 12.9. The fourth-order valence-electron chi connectivity index (χ4n) is 2.84. The van der Waals surface area contributed by atoms with Crippen LogP contribution in [-0.4, -0.2) is 27.1 Å². The Morgan fingerprint density at radius 3 is 2.65 bits per heavy atom. The summed E-state index contributed by atoms with van der Waals surface area (Å²) in [6.45, 7) is 0. The first-order valence-electron chi connectivity index (χ1n) is 7.37. The maximum atomic E-state index is 5.24. The van der Waals surface area contributed by atoms with Crippen LogP contribution >= 0.6 is 0 Å². The molecule has 2 heterocycles. The number of methoxy groups -OCH3 is 1. The summed E-state index contributed by atoms with van der Waals surface area (Å²) >= 11 is 0. The smallest absolute Gasteiger partial charge is 0.118 e. The highest BCUT2D eigenvalue weighted by molar-refractivity contribution is 5.97. The van der Waals surface area contributed by atoms with Gasteiger partial charge in [-0.15, -0.1) is 0 Å². The Morgan fingerprint density at radius 1 is 1.04 bits per heavy atom. The van der Waals surface area contributed by atoms with Crippen LogP contribution in [0.2, 0.25) is 0 Å². The van der Waals surface area contributed by atoms with Gasteiger partial charge in [-0.25, -0.2) is 0 Å². The van der Waals surface area contributed by atoms with Crippen LogP contribution in [0.15, 0.2) is 54.9 Å². The first-order valence-corrected chi connectivity index (χ1v) is 7.37. The van der Waals surface area contributed by atoms with Gasteiger partial charge < -0.3 is 4.74 Å². The maximum absolute atomic E-state index is 5.24. The second kappa shape index (κ2) is 5.28. The number of aryl methyl sites for hydroxylation is 1. The van der Waals surface area contributed by atoms with E-state index in [9.17, 15) is 0 Å². The molecule has 0 unspecified atom stereocenters. The van der Waals surface area contributed by atoms with E-state index in [2.05, 4.69) is 33.5 Å². The second-order valence-corrected chi connectivity index (χ2v) is 5.43. The van der Waals surface area contributed by atoms with Crippen LogP contribution in [-0.2, 0) is 7.05 Å². The predicted molar refractivity (Wildman–Crippen MR) is 90.3 cm³/mol. The van der Waals surface area contributed by atoms with Crippen molar-refractivity contribution in [2.75, 3.05) is 7.11 Å². The summed E-state index contributed by atoms with van der Waals surface area (Å²) in [5.41, 5.74) is 5.22. The Kier molecular flexibility index (Phi) is 3.12. The molecule has 0 spiro atoms. The monoisotopic (exact) mass is 304 g/mol. The first kappa shape index (κ1) is 13.6. The maximum Gasteiger partial charge on any atom is 0.118 e. The zero-order valence-corrected chi connectivity index (χ0v) is 12.9. The average Bonchev–Trinajstić information content (AvgIpc) is 3.21. The van der Waals surface area contributed by atoms with Gasteiger partial charge in [-0.05, 0) is 23.8 Å². The fourth-order valence-corrected chi connectivity index (χ4v) is 2.84. The summed E-state index contributed by atoms with van der Waals surface area (Å²) in [6, 6.07) is 14.1. The number of nitrogens with zero attached hydrogens (tertiary/aromatic N) is 3. The Labute approximate surface area is 133 Å². The Balaban J connectivity index is 1.91. The molecule has 0 saturated heterocycles. The molecule has 0 atom stereocenters. The minimum absolute atomic E-state index is 0.844.